The minimum atomic E-state index is -0.795. The van der Waals surface area contributed by atoms with Crippen molar-refractivity contribution in [3.63, 3.8) is 0 Å². The highest BCUT2D eigenvalue weighted by Gasteiger charge is 2.46. The van der Waals surface area contributed by atoms with Crippen LogP contribution in [-0.2, 0) is 12.8 Å². The van der Waals surface area contributed by atoms with Crippen molar-refractivity contribution in [1.82, 2.24) is 8.88 Å². The fraction of sp³-hybridized carbons (Fsp3) is 0.294. The van der Waals surface area contributed by atoms with Crippen molar-refractivity contribution in [2.75, 3.05) is 13.1 Å². The molecule has 8 aromatic rings. The molecule has 0 radical (unpaired) electrons. The van der Waals surface area contributed by atoms with E-state index in [0.29, 0.717) is 22.6 Å². The summed E-state index contributed by atoms with van der Waals surface area (Å²) in [7, 11) is -2.67. The van der Waals surface area contributed by atoms with E-state index in [1.807, 2.05) is 0 Å². The molecular formula is C68H76N2P4. The number of rotatable bonds is 21. The van der Waals surface area contributed by atoms with Gasteiger partial charge in [0.1, 0.15) is 0 Å². The fourth-order valence-corrected chi connectivity index (χ4v) is 26.8. The molecule has 8 aromatic carbocycles. The minimum absolute atomic E-state index is 0.537. The highest BCUT2D eigenvalue weighted by molar-refractivity contribution is 7.80. The maximum atomic E-state index is 3.09. The first-order valence-corrected chi connectivity index (χ1v) is 33.2. The molecule has 0 amide bonds. The Labute approximate surface area is 450 Å². The van der Waals surface area contributed by atoms with Gasteiger partial charge in [0.05, 0.1) is 0 Å². The first-order chi connectivity index (χ1) is 36.5. The molecule has 2 aliphatic rings. The molecule has 0 saturated carbocycles. The summed E-state index contributed by atoms with van der Waals surface area (Å²) in [6, 6.07) is 85.2. The maximum Gasteiger partial charge on any atom is 0.0318 e. The molecule has 0 bridgehead atoms. The normalized spacial score (nSPS) is 19.1. The van der Waals surface area contributed by atoms with Gasteiger partial charge in [0.15, 0.2) is 0 Å². The van der Waals surface area contributed by atoms with E-state index in [9.17, 15) is 0 Å². The smallest absolute Gasteiger partial charge is 0.0318 e. The Hall–Kier alpha value is -4.60. The van der Waals surface area contributed by atoms with Gasteiger partial charge in [0.2, 0.25) is 0 Å². The minimum Gasteiger partial charge on any atom is -0.251 e. The number of nitrogens with zero attached hydrogens (tertiary/aromatic N) is 2. The standard InChI is InChI=1S/C68H76N2P4/c1-5-7-49-69(73-65(57-25-13-9-14-26-57)45-46-66(73)58-27-15-10-16-28-58)71(61-41-35-53(3)36-42-61)62-43-39-55(40-44-62)37-38-56-24-22-34-64(52-56)72(63-33-21-23-54(4)51-63)70(50-8-6-2)74-67(59-29-17-11-18-30-59)47-48-68(74)60-31-19-12-20-32-60/h9-36,39-44,51-52,65-68H,5-8,37-38,45-50H2,1-4H3/t65-,66-,67-,68-,71?,72?/m0/s1. The third kappa shape index (κ3) is 12.5. The predicted octanol–water partition coefficient (Wildman–Crippen LogP) is 18.3. The molecule has 0 aliphatic carbocycles. The lowest BCUT2D eigenvalue weighted by Crippen LogP contribution is -2.28. The number of unbranched alkanes of at least 4 members (excludes halogenated alkanes) is 2. The van der Waals surface area contributed by atoms with Crippen LogP contribution in [-0.4, -0.2) is 22.0 Å². The van der Waals surface area contributed by atoms with Gasteiger partial charge in [0.25, 0.3) is 0 Å². The zero-order valence-electron chi connectivity index (χ0n) is 44.3. The summed E-state index contributed by atoms with van der Waals surface area (Å²) >= 11 is 0. The van der Waals surface area contributed by atoms with Crippen LogP contribution in [0.25, 0.3) is 0 Å². The van der Waals surface area contributed by atoms with E-state index in [2.05, 4.69) is 255 Å². The molecule has 6 atom stereocenters. The Kier molecular flexibility index (Phi) is 18.5. The topological polar surface area (TPSA) is 6.48 Å². The van der Waals surface area contributed by atoms with Gasteiger partial charge in [-0.05, 0) is 148 Å². The first kappa shape index (κ1) is 52.8. The maximum absolute atomic E-state index is 3.09. The SMILES string of the molecule is CCCCN(P(c1ccc(C)cc1)c1ccc(CCc2cccc(P(c3cccc(C)c3)N(CCCC)P3[C@H](c4ccccc4)CC[C@H]3c3ccccc3)c2)cc1)P1[C@H](c2ccccc2)CC[C@H]1c1ccccc1. The van der Waals surface area contributed by atoms with Gasteiger partial charge in [-0.2, -0.15) is 0 Å². The summed E-state index contributed by atoms with van der Waals surface area (Å²) in [5.74, 6) is 0. The largest absolute Gasteiger partial charge is 0.251 e. The molecule has 74 heavy (non-hydrogen) atoms. The van der Waals surface area contributed by atoms with Crippen molar-refractivity contribution in [3.05, 3.63) is 263 Å². The molecule has 6 heteroatoms. The predicted molar refractivity (Wildman–Crippen MR) is 327 cm³/mol. The van der Waals surface area contributed by atoms with Crippen LogP contribution in [0.3, 0.4) is 0 Å². The summed E-state index contributed by atoms with van der Waals surface area (Å²) in [5.41, 5.74) is 13.8. The van der Waals surface area contributed by atoms with Gasteiger partial charge < -0.3 is 0 Å². The Bertz CT molecular complexity index is 2860. The zero-order chi connectivity index (χ0) is 50.6. The lowest BCUT2D eigenvalue weighted by atomic mass is 10.0. The monoisotopic (exact) mass is 1040 g/mol. The quantitative estimate of drug-likeness (QED) is 0.0662. The van der Waals surface area contributed by atoms with E-state index < -0.39 is 32.3 Å². The van der Waals surface area contributed by atoms with E-state index in [1.165, 1.54) is 117 Å². The molecule has 2 saturated heterocycles. The molecule has 0 spiro atoms. The van der Waals surface area contributed by atoms with Crippen LogP contribution in [0.4, 0.5) is 0 Å². The molecule has 0 aromatic heterocycles. The third-order valence-corrected chi connectivity index (χ3v) is 28.4. The molecule has 0 N–H and O–H groups in total. The van der Waals surface area contributed by atoms with Crippen LogP contribution in [0.1, 0.15) is 132 Å². The van der Waals surface area contributed by atoms with Crippen LogP contribution in [0.15, 0.2) is 218 Å². The van der Waals surface area contributed by atoms with Crippen LogP contribution in [0.2, 0.25) is 0 Å². The molecule has 2 aliphatic heterocycles. The van der Waals surface area contributed by atoms with Gasteiger partial charge in [-0.25, -0.2) is 0 Å². The van der Waals surface area contributed by atoms with E-state index in [0.717, 1.165) is 25.9 Å². The summed E-state index contributed by atoms with van der Waals surface area (Å²) < 4.78 is 6.17. The number of hydrogen-bond donors (Lipinski definition) is 0. The van der Waals surface area contributed by atoms with Crippen molar-refractivity contribution in [3.8, 4) is 0 Å². The summed E-state index contributed by atoms with van der Waals surface area (Å²) in [6.07, 6.45) is 11.8. The average Bonchev–Trinajstić information content (AvgIpc) is 4.10. The molecule has 378 valence electrons. The Balaban J connectivity index is 0.973. The Morgan fingerprint density at radius 2 is 0.743 bits per heavy atom. The van der Waals surface area contributed by atoms with Crippen molar-refractivity contribution in [2.24, 2.45) is 0 Å². The summed E-state index contributed by atoms with van der Waals surface area (Å²) in [4.78, 5) is 0. The van der Waals surface area contributed by atoms with Gasteiger partial charge >= 0.3 is 0 Å². The number of benzene rings is 8. The van der Waals surface area contributed by atoms with Crippen LogP contribution >= 0.6 is 32.3 Å². The second-order valence-corrected chi connectivity index (χ2v) is 30.5. The van der Waals surface area contributed by atoms with Gasteiger partial charge in [0, 0.05) is 51.9 Å². The van der Waals surface area contributed by atoms with Crippen LogP contribution in [0.5, 0.6) is 0 Å². The van der Waals surface area contributed by atoms with Crippen molar-refractivity contribution >= 4 is 53.5 Å². The highest BCUT2D eigenvalue weighted by atomic mass is 31.2. The second kappa shape index (κ2) is 26.0. The van der Waals surface area contributed by atoms with E-state index in [4.69, 9.17) is 0 Å². The first-order valence-electron chi connectivity index (χ1n) is 27.7. The molecule has 10 rings (SSSR count). The molecule has 2 nitrogen and oxygen atoms in total. The molecule has 2 fully saturated rings. The van der Waals surface area contributed by atoms with Crippen molar-refractivity contribution in [2.45, 2.75) is 115 Å². The van der Waals surface area contributed by atoms with Crippen LogP contribution in [0, 0.1) is 13.8 Å². The van der Waals surface area contributed by atoms with E-state index >= 15 is 0 Å². The highest BCUT2D eigenvalue weighted by Crippen LogP contribution is 2.77. The van der Waals surface area contributed by atoms with Gasteiger partial charge in [-0.15, -0.1) is 0 Å². The lowest BCUT2D eigenvalue weighted by molar-refractivity contribution is 0.632. The fourth-order valence-electron chi connectivity index (χ4n) is 11.7. The molecule has 2 unspecified atom stereocenters. The number of aryl methyl sites for hydroxylation is 4. The van der Waals surface area contributed by atoms with Gasteiger partial charge in [-0.1, -0.05) is 244 Å². The molecule has 2 heterocycles. The van der Waals surface area contributed by atoms with E-state index in [1.54, 1.807) is 0 Å². The van der Waals surface area contributed by atoms with E-state index in [-0.39, 0.29) is 0 Å². The summed E-state index contributed by atoms with van der Waals surface area (Å²) in [5, 5.41) is 5.93. The lowest BCUT2D eigenvalue weighted by Gasteiger charge is -2.42. The number of hydrogen-bond acceptors (Lipinski definition) is 2. The molecular weight excluding hydrogens is 969 g/mol. The van der Waals surface area contributed by atoms with Crippen LogP contribution < -0.4 is 21.2 Å². The second-order valence-electron chi connectivity index (χ2n) is 20.7. The van der Waals surface area contributed by atoms with Crippen molar-refractivity contribution < 1.29 is 0 Å². The average molecular weight is 1050 g/mol. The third-order valence-electron chi connectivity index (χ3n) is 15.4. The Morgan fingerprint density at radius 1 is 0.365 bits per heavy atom. The summed E-state index contributed by atoms with van der Waals surface area (Å²) in [6.45, 7) is 11.5. The van der Waals surface area contributed by atoms with Crippen molar-refractivity contribution in [1.29, 1.82) is 0 Å². The zero-order valence-corrected chi connectivity index (χ0v) is 47.8. The Morgan fingerprint density at radius 3 is 1.16 bits per heavy atom. The van der Waals surface area contributed by atoms with Gasteiger partial charge in [-0.3, -0.25) is 8.88 Å².